The van der Waals surface area contributed by atoms with Gasteiger partial charge < -0.3 is 5.32 Å². The Morgan fingerprint density at radius 3 is 2.59 bits per heavy atom. The molecule has 12 heteroatoms. The van der Waals surface area contributed by atoms with Gasteiger partial charge in [0.15, 0.2) is 5.82 Å². The van der Waals surface area contributed by atoms with Crippen LogP contribution in [0.1, 0.15) is 40.5 Å². The molecule has 3 aromatic heterocycles. The van der Waals surface area contributed by atoms with Gasteiger partial charge in [0.2, 0.25) is 5.13 Å². The standard InChI is InChI=1S/C20H19ClF3N7S/c1-11-8-12(2)31(28-11)13(3)18-26-27-19(32-18)25-17-6-7-30(29-17)10-14-9-15(20(22,23)24)4-5-16(14)21/h4-9,13H,10H2,1-3H3,(H,25,27,29). The van der Waals surface area contributed by atoms with Crippen LogP contribution >= 0.6 is 22.9 Å². The van der Waals surface area contributed by atoms with Gasteiger partial charge in [-0.3, -0.25) is 9.36 Å². The molecule has 0 saturated heterocycles. The van der Waals surface area contributed by atoms with Crippen molar-refractivity contribution in [1.29, 1.82) is 0 Å². The highest BCUT2D eigenvalue weighted by molar-refractivity contribution is 7.15. The number of aryl methyl sites for hydroxylation is 2. The van der Waals surface area contributed by atoms with E-state index in [-0.39, 0.29) is 17.6 Å². The first-order chi connectivity index (χ1) is 15.1. The van der Waals surface area contributed by atoms with Crippen molar-refractivity contribution < 1.29 is 13.2 Å². The summed E-state index contributed by atoms with van der Waals surface area (Å²) in [5, 5.41) is 21.9. The molecule has 0 radical (unpaired) electrons. The second-order valence-electron chi connectivity index (χ2n) is 7.32. The van der Waals surface area contributed by atoms with Crippen molar-refractivity contribution in [3.05, 3.63) is 69.1 Å². The van der Waals surface area contributed by atoms with Crippen molar-refractivity contribution in [1.82, 2.24) is 29.8 Å². The molecule has 7 nitrogen and oxygen atoms in total. The minimum Gasteiger partial charge on any atom is -0.313 e. The van der Waals surface area contributed by atoms with Crippen molar-refractivity contribution >= 4 is 33.9 Å². The summed E-state index contributed by atoms with van der Waals surface area (Å²) < 4.78 is 42.3. The summed E-state index contributed by atoms with van der Waals surface area (Å²) in [4.78, 5) is 0. The highest BCUT2D eigenvalue weighted by atomic mass is 35.5. The minimum absolute atomic E-state index is 0.0719. The molecule has 0 bridgehead atoms. The van der Waals surface area contributed by atoms with E-state index in [4.69, 9.17) is 11.6 Å². The lowest BCUT2D eigenvalue weighted by Crippen LogP contribution is -2.10. The average molecular weight is 482 g/mol. The third kappa shape index (κ3) is 4.78. The lowest BCUT2D eigenvalue weighted by molar-refractivity contribution is -0.137. The second-order valence-corrected chi connectivity index (χ2v) is 8.74. The minimum atomic E-state index is -4.43. The molecule has 1 aromatic carbocycles. The molecule has 1 N–H and O–H groups in total. The van der Waals surface area contributed by atoms with Gasteiger partial charge in [0, 0.05) is 23.0 Å². The van der Waals surface area contributed by atoms with Crippen molar-refractivity contribution in [3.63, 3.8) is 0 Å². The molecule has 0 saturated carbocycles. The Morgan fingerprint density at radius 1 is 1.12 bits per heavy atom. The Hall–Kier alpha value is -2.92. The van der Waals surface area contributed by atoms with Gasteiger partial charge in [-0.25, -0.2) is 0 Å². The first kappa shape index (κ1) is 22.3. The maximum absolute atomic E-state index is 13.0. The molecule has 0 amide bonds. The molecule has 0 fully saturated rings. The van der Waals surface area contributed by atoms with Gasteiger partial charge >= 0.3 is 6.18 Å². The van der Waals surface area contributed by atoms with E-state index in [0.717, 1.165) is 28.5 Å². The molecule has 0 aliphatic rings. The topological polar surface area (TPSA) is 73.5 Å². The number of hydrogen-bond donors (Lipinski definition) is 1. The van der Waals surface area contributed by atoms with Gasteiger partial charge in [-0.05, 0) is 50.6 Å². The zero-order valence-electron chi connectivity index (χ0n) is 17.4. The fourth-order valence-electron chi connectivity index (χ4n) is 3.27. The molecule has 1 atom stereocenters. The molecule has 4 aromatic rings. The third-order valence-corrected chi connectivity index (χ3v) is 6.17. The van der Waals surface area contributed by atoms with E-state index < -0.39 is 11.7 Å². The SMILES string of the molecule is Cc1cc(C)n(C(C)c2nnc(Nc3ccn(Cc4cc(C(F)(F)F)ccc4Cl)n3)s2)n1. The first-order valence-corrected chi connectivity index (χ1v) is 10.8. The van der Waals surface area contributed by atoms with Gasteiger partial charge in [-0.2, -0.15) is 23.4 Å². The number of nitrogens with one attached hydrogen (secondary N) is 1. The van der Waals surface area contributed by atoms with Crippen LogP contribution in [0.3, 0.4) is 0 Å². The van der Waals surface area contributed by atoms with E-state index in [0.29, 0.717) is 16.5 Å². The van der Waals surface area contributed by atoms with E-state index in [1.165, 1.54) is 22.1 Å². The molecule has 1 unspecified atom stereocenters. The summed E-state index contributed by atoms with van der Waals surface area (Å²) in [6, 6.07) is 6.87. The fraction of sp³-hybridized carbons (Fsp3) is 0.300. The third-order valence-electron chi connectivity index (χ3n) is 4.79. The Bertz CT molecular complexity index is 1240. The van der Waals surface area contributed by atoms with Crippen LogP contribution in [-0.2, 0) is 12.7 Å². The summed E-state index contributed by atoms with van der Waals surface area (Å²) in [5.74, 6) is 0.495. The maximum Gasteiger partial charge on any atom is 0.416 e. The van der Waals surface area contributed by atoms with Crippen LogP contribution in [0.5, 0.6) is 0 Å². The highest BCUT2D eigenvalue weighted by Gasteiger charge is 2.31. The van der Waals surface area contributed by atoms with Gasteiger partial charge in [0.25, 0.3) is 0 Å². The number of alkyl halides is 3. The lowest BCUT2D eigenvalue weighted by Gasteiger charge is -2.10. The van der Waals surface area contributed by atoms with E-state index >= 15 is 0 Å². The van der Waals surface area contributed by atoms with Crippen molar-refractivity contribution in [2.45, 2.75) is 39.5 Å². The van der Waals surface area contributed by atoms with Gasteiger partial charge in [-0.15, -0.1) is 10.2 Å². The number of aromatic nitrogens is 6. The molecule has 0 spiro atoms. The Balaban J connectivity index is 1.46. The van der Waals surface area contributed by atoms with E-state index in [1.807, 2.05) is 31.5 Å². The smallest absolute Gasteiger partial charge is 0.313 e. The molecule has 168 valence electrons. The lowest BCUT2D eigenvalue weighted by atomic mass is 10.1. The largest absolute Gasteiger partial charge is 0.416 e. The van der Waals surface area contributed by atoms with Crippen LogP contribution in [0.2, 0.25) is 5.02 Å². The number of hydrogen-bond acceptors (Lipinski definition) is 6. The number of nitrogens with zero attached hydrogens (tertiary/aromatic N) is 6. The van der Waals surface area contributed by atoms with Crippen molar-refractivity contribution in [2.24, 2.45) is 0 Å². The predicted octanol–water partition coefficient (Wildman–Crippen LogP) is 5.62. The number of halogens is 4. The Morgan fingerprint density at radius 2 is 1.91 bits per heavy atom. The summed E-state index contributed by atoms with van der Waals surface area (Å²) in [6.45, 7) is 6.02. The normalized spacial score (nSPS) is 12.8. The molecule has 0 aliphatic carbocycles. The maximum atomic E-state index is 13.0. The van der Waals surface area contributed by atoms with E-state index in [1.54, 1.807) is 12.3 Å². The highest BCUT2D eigenvalue weighted by Crippen LogP contribution is 2.32. The fourth-order valence-corrected chi connectivity index (χ4v) is 4.23. The molecular formula is C20H19ClF3N7S. The number of rotatable bonds is 6. The first-order valence-electron chi connectivity index (χ1n) is 9.62. The van der Waals surface area contributed by atoms with Crippen LogP contribution in [0.25, 0.3) is 0 Å². The summed E-state index contributed by atoms with van der Waals surface area (Å²) >= 11 is 7.46. The summed E-state index contributed by atoms with van der Waals surface area (Å²) in [6.07, 6.45) is -2.78. The van der Waals surface area contributed by atoms with Crippen LogP contribution in [0.4, 0.5) is 24.1 Å². The number of benzene rings is 1. The van der Waals surface area contributed by atoms with Gasteiger partial charge in [0.1, 0.15) is 11.0 Å². The van der Waals surface area contributed by atoms with Gasteiger partial charge in [-0.1, -0.05) is 22.9 Å². The monoisotopic (exact) mass is 481 g/mol. The second kappa shape index (κ2) is 8.55. The van der Waals surface area contributed by atoms with Crippen LogP contribution in [-0.4, -0.2) is 29.8 Å². The van der Waals surface area contributed by atoms with E-state index in [2.05, 4.69) is 25.7 Å². The Labute approximate surface area is 190 Å². The average Bonchev–Trinajstić information content (AvgIpc) is 3.43. The zero-order valence-corrected chi connectivity index (χ0v) is 18.9. The zero-order chi connectivity index (χ0) is 23.0. The van der Waals surface area contributed by atoms with Crippen molar-refractivity contribution in [2.75, 3.05) is 5.32 Å². The molecule has 3 heterocycles. The predicted molar refractivity (Wildman–Crippen MR) is 116 cm³/mol. The molecule has 4 rings (SSSR count). The van der Waals surface area contributed by atoms with Crippen molar-refractivity contribution in [3.8, 4) is 0 Å². The van der Waals surface area contributed by atoms with Crippen LogP contribution < -0.4 is 5.32 Å². The molecule has 32 heavy (non-hydrogen) atoms. The van der Waals surface area contributed by atoms with Crippen LogP contribution in [0.15, 0.2) is 36.5 Å². The van der Waals surface area contributed by atoms with Crippen LogP contribution in [0, 0.1) is 13.8 Å². The number of anilines is 2. The van der Waals surface area contributed by atoms with E-state index in [9.17, 15) is 13.2 Å². The summed E-state index contributed by atoms with van der Waals surface area (Å²) in [7, 11) is 0. The summed E-state index contributed by atoms with van der Waals surface area (Å²) in [5.41, 5.74) is 1.55. The quantitative estimate of drug-likeness (QED) is 0.387. The Kier molecular flexibility index (Phi) is 5.95. The van der Waals surface area contributed by atoms with Gasteiger partial charge in [0.05, 0.1) is 17.8 Å². The molecular weight excluding hydrogens is 463 g/mol. The molecule has 0 aliphatic heterocycles.